The van der Waals surface area contributed by atoms with E-state index in [9.17, 15) is 4.79 Å². The largest absolute Gasteiger partial charge is 0.376 e. The molecule has 0 aliphatic heterocycles. The van der Waals surface area contributed by atoms with E-state index in [0.29, 0.717) is 0 Å². The number of hydrogen-bond acceptors (Lipinski definition) is 2. The molecular formula is C11H13N3OS. The van der Waals surface area contributed by atoms with Gasteiger partial charge in [0.05, 0.1) is 0 Å². The van der Waals surface area contributed by atoms with Crippen molar-refractivity contribution in [3.8, 4) is 0 Å². The molecule has 4 nitrogen and oxygen atoms in total. The van der Waals surface area contributed by atoms with Gasteiger partial charge in [-0.25, -0.2) is 0 Å². The maximum atomic E-state index is 11.5. The molecule has 0 radical (unpaired) electrons. The van der Waals surface area contributed by atoms with Crippen LogP contribution < -0.4 is 16.4 Å². The second-order valence-electron chi connectivity index (χ2n) is 3.83. The quantitative estimate of drug-likeness (QED) is 0.697. The predicted octanol–water partition coefficient (Wildman–Crippen LogP) is 1.69. The SMILES string of the molecule is NC(=S)Nc1ccc(NC(=O)C2CC2)cc1. The molecule has 1 fully saturated rings. The van der Waals surface area contributed by atoms with Crippen molar-refractivity contribution < 1.29 is 4.79 Å². The summed E-state index contributed by atoms with van der Waals surface area (Å²) in [6, 6.07) is 7.28. The lowest BCUT2D eigenvalue weighted by Crippen LogP contribution is -2.18. The van der Waals surface area contributed by atoms with E-state index >= 15 is 0 Å². The molecule has 0 spiro atoms. The summed E-state index contributed by atoms with van der Waals surface area (Å²) in [6.45, 7) is 0. The van der Waals surface area contributed by atoms with Gasteiger partial charge in [-0.3, -0.25) is 4.79 Å². The fourth-order valence-corrected chi connectivity index (χ4v) is 1.49. The van der Waals surface area contributed by atoms with Gasteiger partial charge in [-0.1, -0.05) is 0 Å². The first-order valence-electron chi connectivity index (χ1n) is 5.12. The lowest BCUT2D eigenvalue weighted by atomic mass is 10.2. The zero-order valence-corrected chi connectivity index (χ0v) is 9.51. The zero-order chi connectivity index (χ0) is 11.5. The Morgan fingerprint density at radius 1 is 1.19 bits per heavy atom. The van der Waals surface area contributed by atoms with E-state index in [2.05, 4.69) is 10.6 Å². The zero-order valence-electron chi connectivity index (χ0n) is 8.69. The number of amides is 1. The van der Waals surface area contributed by atoms with Crippen LogP contribution >= 0.6 is 12.2 Å². The first-order valence-corrected chi connectivity index (χ1v) is 5.53. The van der Waals surface area contributed by atoms with Crippen LogP contribution in [0, 0.1) is 5.92 Å². The highest BCUT2D eigenvalue weighted by Crippen LogP contribution is 2.30. The average molecular weight is 235 g/mol. The Balaban J connectivity index is 1.95. The Morgan fingerprint density at radius 3 is 2.12 bits per heavy atom. The number of carbonyl (C=O) groups is 1. The average Bonchev–Trinajstić information content (AvgIpc) is 3.03. The molecule has 1 aromatic rings. The van der Waals surface area contributed by atoms with Crippen LogP contribution in [0.5, 0.6) is 0 Å². The van der Waals surface area contributed by atoms with Crippen LogP contribution in [0.25, 0.3) is 0 Å². The number of hydrogen-bond donors (Lipinski definition) is 3. The first-order chi connectivity index (χ1) is 7.65. The van der Waals surface area contributed by atoms with Crippen molar-refractivity contribution in [2.75, 3.05) is 10.6 Å². The number of benzene rings is 1. The number of thiocarbonyl (C=S) groups is 1. The Labute approximate surface area is 99.2 Å². The fourth-order valence-electron chi connectivity index (χ4n) is 1.37. The van der Waals surface area contributed by atoms with E-state index in [1.54, 1.807) is 0 Å². The van der Waals surface area contributed by atoms with Gasteiger partial charge >= 0.3 is 0 Å². The number of nitrogens with one attached hydrogen (secondary N) is 2. The highest BCUT2D eigenvalue weighted by Gasteiger charge is 2.29. The standard InChI is InChI=1S/C11H13N3OS/c12-11(16)14-9-5-3-8(4-6-9)13-10(15)7-1-2-7/h3-7H,1-2H2,(H,13,15)(H3,12,14,16). The summed E-state index contributed by atoms with van der Waals surface area (Å²) in [7, 11) is 0. The topological polar surface area (TPSA) is 67.2 Å². The fraction of sp³-hybridized carbons (Fsp3) is 0.273. The summed E-state index contributed by atoms with van der Waals surface area (Å²) in [5, 5.41) is 5.90. The summed E-state index contributed by atoms with van der Waals surface area (Å²) in [6.07, 6.45) is 2.01. The Kier molecular flexibility index (Phi) is 3.05. The minimum absolute atomic E-state index is 0.107. The van der Waals surface area contributed by atoms with Crippen molar-refractivity contribution in [3.63, 3.8) is 0 Å². The minimum atomic E-state index is 0.107. The van der Waals surface area contributed by atoms with Crippen LogP contribution in [0.15, 0.2) is 24.3 Å². The molecule has 0 saturated heterocycles. The van der Waals surface area contributed by atoms with Crippen molar-refractivity contribution in [2.24, 2.45) is 11.7 Å². The van der Waals surface area contributed by atoms with Crippen LogP contribution in [-0.4, -0.2) is 11.0 Å². The van der Waals surface area contributed by atoms with Gasteiger partial charge in [0.15, 0.2) is 5.11 Å². The van der Waals surface area contributed by atoms with Crippen molar-refractivity contribution in [1.29, 1.82) is 0 Å². The Bertz CT molecular complexity index is 412. The molecule has 0 aromatic heterocycles. The van der Waals surface area contributed by atoms with E-state index in [1.807, 2.05) is 24.3 Å². The van der Waals surface area contributed by atoms with Crippen LogP contribution in [0.2, 0.25) is 0 Å². The Morgan fingerprint density at radius 2 is 1.69 bits per heavy atom. The van der Waals surface area contributed by atoms with E-state index in [-0.39, 0.29) is 16.9 Å². The maximum Gasteiger partial charge on any atom is 0.227 e. The molecule has 0 unspecified atom stereocenters. The molecule has 84 valence electrons. The maximum absolute atomic E-state index is 11.5. The van der Waals surface area contributed by atoms with Crippen molar-refractivity contribution in [2.45, 2.75) is 12.8 Å². The Hall–Kier alpha value is -1.62. The van der Waals surface area contributed by atoms with Gasteiger partial charge in [0.25, 0.3) is 0 Å². The van der Waals surface area contributed by atoms with Gasteiger partial charge in [-0.05, 0) is 49.3 Å². The van der Waals surface area contributed by atoms with Crippen LogP contribution in [0.3, 0.4) is 0 Å². The van der Waals surface area contributed by atoms with Crippen molar-refractivity contribution in [3.05, 3.63) is 24.3 Å². The third-order valence-electron chi connectivity index (χ3n) is 2.37. The number of carbonyl (C=O) groups excluding carboxylic acids is 1. The smallest absolute Gasteiger partial charge is 0.227 e. The summed E-state index contributed by atoms with van der Waals surface area (Å²) < 4.78 is 0. The predicted molar refractivity (Wildman–Crippen MR) is 68.2 cm³/mol. The highest BCUT2D eigenvalue weighted by atomic mass is 32.1. The molecule has 1 amide bonds. The molecule has 0 bridgehead atoms. The molecule has 2 rings (SSSR count). The molecule has 1 aromatic carbocycles. The van der Waals surface area contributed by atoms with Gasteiger partial charge in [-0.2, -0.15) is 0 Å². The number of anilines is 2. The van der Waals surface area contributed by atoms with Gasteiger partial charge in [-0.15, -0.1) is 0 Å². The molecular weight excluding hydrogens is 222 g/mol. The molecule has 16 heavy (non-hydrogen) atoms. The monoisotopic (exact) mass is 235 g/mol. The van der Waals surface area contributed by atoms with E-state index < -0.39 is 0 Å². The molecule has 0 heterocycles. The number of nitrogens with two attached hydrogens (primary N) is 1. The molecule has 0 atom stereocenters. The third-order valence-corrected chi connectivity index (χ3v) is 2.47. The minimum Gasteiger partial charge on any atom is -0.376 e. The lowest BCUT2D eigenvalue weighted by Gasteiger charge is -2.06. The van der Waals surface area contributed by atoms with E-state index in [0.717, 1.165) is 24.2 Å². The lowest BCUT2D eigenvalue weighted by molar-refractivity contribution is -0.117. The second kappa shape index (κ2) is 4.49. The second-order valence-corrected chi connectivity index (χ2v) is 4.27. The molecule has 1 aliphatic rings. The number of rotatable bonds is 3. The molecule has 1 saturated carbocycles. The van der Waals surface area contributed by atoms with E-state index in [1.165, 1.54) is 0 Å². The van der Waals surface area contributed by atoms with Crippen LogP contribution in [0.1, 0.15) is 12.8 Å². The van der Waals surface area contributed by atoms with Gasteiger partial charge < -0.3 is 16.4 Å². The molecule has 4 N–H and O–H groups in total. The van der Waals surface area contributed by atoms with Crippen LogP contribution in [-0.2, 0) is 4.79 Å². The third kappa shape index (κ3) is 2.93. The van der Waals surface area contributed by atoms with Gasteiger partial charge in [0.2, 0.25) is 5.91 Å². The summed E-state index contributed by atoms with van der Waals surface area (Å²) in [4.78, 5) is 11.5. The van der Waals surface area contributed by atoms with Crippen molar-refractivity contribution >= 4 is 34.6 Å². The first kappa shape index (κ1) is 10.9. The van der Waals surface area contributed by atoms with Gasteiger partial charge in [0.1, 0.15) is 0 Å². The summed E-state index contributed by atoms with van der Waals surface area (Å²) >= 11 is 4.72. The van der Waals surface area contributed by atoms with E-state index in [4.69, 9.17) is 18.0 Å². The van der Waals surface area contributed by atoms with Crippen molar-refractivity contribution in [1.82, 2.24) is 0 Å². The summed E-state index contributed by atoms with van der Waals surface area (Å²) in [5.74, 6) is 0.324. The summed E-state index contributed by atoms with van der Waals surface area (Å²) in [5.41, 5.74) is 6.96. The van der Waals surface area contributed by atoms with Crippen LogP contribution in [0.4, 0.5) is 11.4 Å². The molecule has 1 aliphatic carbocycles. The normalized spacial score (nSPS) is 14.2. The molecule has 5 heteroatoms. The van der Waals surface area contributed by atoms with Gasteiger partial charge in [0, 0.05) is 17.3 Å². The highest BCUT2D eigenvalue weighted by molar-refractivity contribution is 7.80.